The van der Waals surface area contributed by atoms with Crippen molar-refractivity contribution in [3.8, 4) is 0 Å². The van der Waals surface area contributed by atoms with Crippen molar-refractivity contribution in [1.82, 2.24) is 19.9 Å². The lowest BCUT2D eigenvalue weighted by Gasteiger charge is -2.26. The van der Waals surface area contributed by atoms with Gasteiger partial charge in [0.25, 0.3) is 0 Å². The number of fused-ring (bicyclic) bond motifs is 1. The van der Waals surface area contributed by atoms with Crippen LogP contribution < -0.4 is 10.2 Å². The van der Waals surface area contributed by atoms with Crippen molar-refractivity contribution in [2.45, 2.75) is 32.7 Å². The topological polar surface area (TPSA) is 45.5 Å². The molecule has 2 aromatic heterocycles. The first-order valence-corrected chi connectivity index (χ1v) is 8.00. The van der Waals surface area contributed by atoms with Gasteiger partial charge in [0.1, 0.15) is 0 Å². The summed E-state index contributed by atoms with van der Waals surface area (Å²) < 4.78 is 1.76. The van der Waals surface area contributed by atoms with E-state index in [1.807, 2.05) is 12.1 Å². The number of nitrogens with one attached hydrogen (secondary N) is 1. The zero-order valence-electron chi connectivity index (χ0n) is 12.6. The molecule has 114 valence electrons. The first-order chi connectivity index (χ1) is 10.1. The zero-order chi connectivity index (χ0) is 14.8. The zero-order valence-corrected chi connectivity index (χ0v) is 13.3. The van der Waals surface area contributed by atoms with Crippen LogP contribution in [0.15, 0.2) is 18.3 Å². The van der Waals surface area contributed by atoms with Crippen LogP contribution in [0, 0.1) is 5.92 Å². The third kappa shape index (κ3) is 3.47. The van der Waals surface area contributed by atoms with Gasteiger partial charge in [-0.15, -0.1) is 5.10 Å². The van der Waals surface area contributed by atoms with E-state index in [-0.39, 0.29) is 0 Å². The number of aromatic nitrogens is 3. The molecule has 1 unspecified atom stereocenters. The van der Waals surface area contributed by atoms with Crippen LogP contribution in [-0.4, -0.2) is 40.3 Å². The van der Waals surface area contributed by atoms with Crippen LogP contribution in [-0.2, 0) is 0 Å². The van der Waals surface area contributed by atoms with Gasteiger partial charge >= 0.3 is 0 Å². The summed E-state index contributed by atoms with van der Waals surface area (Å²) in [5.74, 6) is 1.36. The number of hydrogen-bond acceptors (Lipinski definition) is 4. The third-order valence-corrected chi connectivity index (χ3v) is 3.98. The fraction of sp³-hybridized carbons (Fsp3) is 0.600. The summed E-state index contributed by atoms with van der Waals surface area (Å²) >= 11 is 6.02. The van der Waals surface area contributed by atoms with Crippen LogP contribution >= 0.6 is 11.6 Å². The number of anilines is 1. The van der Waals surface area contributed by atoms with Crippen molar-refractivity contribution in [2.24, 2.45) is 5.92 Å². The molecule has 1 N–H and O–H groups in total. The molecule has 3 rings (SSSR count). The summed E-state index contributed by atoms with van der Waals surface area (Å²) in [6, 6.07) is 4.29. The third-order valence-electron chi connectivity index (χ3n) is 3.76. The van der Waals surface area contributed by atoms with Crippen molar-refractivity contribution < 1.29 is 0 Å². The lowest BCUT2D eigenvalue weighted by molar-refractivity contribution is 0.534. The predicted molar refractivity (Wildman–Crippen MR) is 86.1 cm³/mol. The Morgan fingerprint density at radius 1 is 1.48 bits per heavy atom. The first kappa shape index (κ1) is 14.6. The smallest absolute Gasteiger partial charge is 0.245 e. The highest BCUT2D eigenvalue weighted by Crippen LogP contribution is 2.17. The molecule has 1 aliphatic rings. The fourth-order valence-electron chi connectivity index (χ4n) is 2.84. The summed E-state index contributed by atoms with van der Waals surface area (Å²) in [5.41, 5.74) is 0.836. The maximum Gasteiger partial charge on any atom is 0.245 e. The van der Waals surface area contributed by atoms with Crippen LogP contribution in [0.3, 0.4) is 0 Å². The van der Waals surface area contributed by atoms with Gasteiger partial charge < -0.3 is 10.2 Å². The van der Waals surface area contributed by atoms with Gasteiger partial charge in [-0.3, -0.25) is 0 Å². The first-order valence-electron chi connectivity index (χ1n) is 7.62. The second-order valence-corrected chi connectivity index (χ2v) is 6.59. The van der Waals surface area contributed by atoms with Crippen molar-refractivity contribution in [2.75, 3.05) is 24.5 Å². The largest absolute Gasteiger partial charge is 0.338 e. The quantitative estimate of drug-likeness (QED) is 0.922. The molecule has 0 aromatic carbocycles. The Morgan fingerprint density at radius 2 is 2.33 bits per heavy atom. The van der Waals surface area contributed by atoms with Gasteiger partial charge in [-0.1, -0.05) is 25.4 Å². The molecule has 1 fully saturated rings. The monoisotopic (exact) mass is 307 g/mol. The van der Waals surface area contributed by atoms with Crippen LogP contribution in [0.1, 0.15) is 26.7 Å². The number of nitrogens with zero attached hydrogens (tertiary/aromatic N) is 4. The second kappa shape index (κ2) is 6.20. The predicted octanol–water partition coefficient (Wildman–Crippen LogP) is 2.60. The molecular weight excluding hydrogens is 286 g/mol. The average Bonchev–Trinajstić information content (AvgIpc) is 3.05. The van der Waals surface area contributed by atoms with Crippen molar-refractivity contribution in [1.29, 1.82) is 0 Å². The van der Waals surface area contributed by atoms with E-state index in [2.05, 4.69) is 34.1 Å². The number of hydrogen-bond donors (Lipinski definition) is 1. The molecule has 0 radical (unpaired) electrons. The van der Waals surface area contributed by atoms with E-state index in [0.717, 1.165) is 31.2 Å². The van der Waals surface area contributed by atoms with Gasteiger partial charge in [0.15, 0.2) is 5.65 Å². The molecule has 0 spiro atoms. The normalized spacial score (nSPS) is 18.8. The van der Waals surface area contributed by atoms with Crippen LogP contribution in [0.5, 0.6) is 0 Å². The summed E-state index contributed by atoms with van der Waals surface area (Å²) in [7, 11) is 0. The Hall–Kier alpha value is -1.33. The van der Waals surface area contributed by atoms with E-state index >= 15 is 0 Å². The highest BCUT2D eigenvalue weighted by Gasteiger charge is 2.21. The van der Waals surface area contributed by atoms with E-state index in [4.69, 9.17) is 11.6 Å². The molecule has 21 heavy (non-hydrogen) atoms. The Balaban J connectivity index is 1.85. The molecule has 0 bridgehead atoms. The Kier molecular flexibility index (Phi) is 4.31. The average molecular weight is 308 g/mol. The second-order valence-electron chi connectivity index (χ2n) is 6.15. The Labute approximate surface area is 130 Å². The van der Waals surface area contributed by atoms with E-state index in [1.54, 1.807) is 10.7 Å². The number of rotatable bonds is 5. The molecule has 0 saturated carbocycles. The minimum atomic E-state index is 0.541. The minimum Gasteiger partial charge on any atom is -0.338 e. The van der Waals surface area contributed by atoms with Crippen LogP contribution in [0.25, 0.3) is 5.65 Å². The van der Waals surface area contributed by atoms with Gasteiger partial charge in [-0.25, -0.2) is 4.52 Å². The van der Waals surface area contributed by atoms with E-state index in [1.165, 1.54) is 12.8 Å². The van der Waals surface area contributed by atoms with E-state index in [9.17, 15) is 0 Å². The molecule has 3 heterocycles. The van der Waals surface area contributed by atoms with Gasteiger partial charge in [-0.2, -0.15) is 4.98 Å². The summed E-state index contributed by atoms with van der Waals surface area (Å²) in [6.07, 6.45) is 4.29. The van der Waals surface area contributed by atoms with Crippen molar-refractivity contribution in [3.63, 3.8) is 0 Å². The van der Waals surface area contributed by atoms with Gasteiger partial charge in [0, 0.05) is 25.3 Å². The van der Waals surface area contributed by atoms with Gasteiger partial charge in [-0.05, 0) is 37.4 Å². The number of pyridine rings is 1. The minimum absolute atomic E-state index is 0.541. The molecule has 1 aliphatic heterocycles. The standard InChI is InChI=1S/C15H22ClN5/c1-11(2)8-20(10-13-4-3-7-17-13)15-18-14-6-5-12(16)9-21(14)19-15/h5-6,9,11,13,17H,3-4,7-8,10H2,1-2H3. The summed E-state index contributed by atoms with van der Waals surface area (Å²) in [6.45, 7) is 7.49. The lowest BCUT2D eigenvalue weighted by atomic mass is 10.1. The molecule has 1 atom stereocenters. The van der Waals surface area contributed by atoms with Crippen LogP contribution in [0.2, 0.25) is 5.02 Å². The molecule has 1 saturated heterocycles. The maximum absolute atomic E-state index is 6.02. The van der Waals surface area contributed by atoms with Gasteiger partial charge in [0.2, 0.25) is 5.95 Å². The highest BCUT2D eigenvalue weighted by molar-refractivity contribution is 6.30. The lowest BCUT2D eigenvalue weighted by Crippen LogP contribution is -2.40. The SMILES string of the molecule is CC(C)CN(CC1CCCN1)c1nc2ccc(Cl)cn2n1. The fourth-order valence-corrected chi connectivity index (χ4v) is 2.99. The van der Waals surface area contributed by atoms with E-state index in [0.29, 0.717) is 17.0 Å². The molecule has 6 heteroatoms. The van der Waals surface area contributed by atoms with Crippen molar-refractivity contribution in [3.05, 3.63) is 23.4 Å². The maximum atomic E-state index is 6.02. The summed E-state index contributed by atoms with van der Waals surface area (Å²) in [5, 5.41) is 8.81. The summed E-state index contributed by atoms with van der Waals surface area (Å²) in [4.78, 5) is 6.93. The number of halogens is 1. The molecule has 5 nitrogen and oxygen atoms in total. The highest BCUT2D eigenvalue weighted by atomic mass is 35.5. The van der Waals surface area contributed by atoms with Crippen LogP contribution in [0.4, 0.5) is 5.95 Å². The molecule has 0 aliphatic carbocycles. The van der Waals surface area contributed by atoms with E-state index < -0.39 is 0 Å². The molecule has 2 aromatic rings. The Bertz CT molecular complexity index is 603. The Morgan fingerprint density at radius 3 is 3.05 bits per heavy atom. The van der Waals surface area contributed by atoms with Crippen molar-refractivity contribution >= 4 is 23.2 Å². The van der Waals surface area contributed by atoms with Gasteiger partial charge in [0.05, 0.1) is 5.02 Å². The molecular formula is C15H22ClN5. The molecule has 0 amide bonds.